The van der Waals surface area contributed by atoms with Crippen LogP contribution in [-0.2, 0) is 9.53 Å². The molecule has 2 amide bonds. The van der Waals surface area contributed by atoms with Gasteiger partial charge < -0.3 is 31.3 Å². The lowest BCUT2D eigenvalue weighted by Crippen LogP contribution is -2.49. The average Bonchev–Trinajstić information content (AvgIpc) is 3.17. The Morgan fingerprint density at radius 1 is 1.14 bits per heavy atom. The number of guanidine groups is 1. The lowest BCUT2D eigenvalue weighted by Gasteiger charge is -2.29. The molecule has 1 aliphatic rings. The van der Waals surface area contributed by atoms with E-state index in [1.165, 1.54) is 0 Å². The van der Waals surface area contributed by atoms with E-state index in [0.29, 0.717) is 57.2 Å². The highest BCUT2D eigenvalue weighted by Crippen LogP contribution is 2.22. The van der Waals surface area contributed by atoms with Crippen molar-refractivity contribution in [3.8, 4) is 0 Å². The van der Waals surface area contributed by atoms with E-state index >= 15 is 0 Å². The van der Waals surface area contributed by atoms with Crippen LogP contribution in [-0.4, -0.2) is 74.6 Å². The monoisotopic (exact) mass is 570 g/mol. The van der Waals surface area contributed by atoms with Gasteiger partial charge in [-0.05, 0) is 47.7 Å². The molecular formula is C33H42N6O3. The Morgan fingerprint density at radius 2 is 1.90 bits per heavy atom. The van der Waals surface area contributed by atoms with Crippen LogP contribution in [0.2, 0.25) is 0 Å². The third-order valence-electron chi connectivity index (χ3n) is 7.50. The average molecular weight is 571 g/mol. The van der Waals surface area contributed by atoms with Gasteiger partial charge in [0.15, 0.2) is 5.96 Å². The summed E-state index contributed by atoms with van der Waals surface area (Å²) in [6, 6.07) is 23.1. The maximum Gasteiger partial charge on any atom is 0.251 e. The normalized spacial score (nSPS) is 18.4. The minimum atomic E-state index is -0.410. The summed E-state index contributed by atoms with van der Waals surface area (Å²) in [5, 5.41) is 11.8. The van der Waals surface area contributed by atoms with E-state index in [4.69, 9.17) is 10.5 Å². The molecule has 222 valence electrons. The third kappa shape index (κ3) is 8.64. The first-order valence-corrected chi connectivity index (χ1v) is 14.5. The van der Waals surface area contributed by atoms with Gasteiger partial charge in [-0.25, -0.2) is 0 Å². The predicted molar refractivity (Wildman–Crippen MR) is 168 cm³/mol. The van der Waals surface area contributed by atoms with E-state index in [9.17, 15) is 9.59 Å². The molecular weight excluding hydrogens is 528 g/mol. The summed E-state index contributed by atoms with van der Waals surface area (Å²) in [7, 11) is 1.63. The number of aliphatic imine (C=N–C) groups is 1. The molecule has 9 nitrogen and oxygen atoms in total. The van der Waals surface area contributed by atoms with Gasteiger partial charge in [0.2, 0.25) is 5.91 Å². The van der Waals surface area contributed by atoms with Gasteiger partial charge in [-0.3, -0.25) is 14.6 Å². The van der Waals surface area contributed by atoms with Crippen molar-refractivity contribution in [3.05, 3.63) is 96.6 Å². The van der Waals surface area contributed by atoms with E-state index < -0.39 is 6.04 Å². The zero-order valence-electron chi connectivity index (χ0n) is 24.3. The highest BCUT2D eigenvalue weighted by atomic mass is 16.5. The smallest absolute Gasteiger partial charge is 0.251 e. The van der Waals surface area contributed by atoms with E-state index in [1.54, 1.807) is 13.1 Å². The van der Waals surface area contributed by atoms with Gasteiger partial charge in [-0.1, -0.05) is 66.7 Å². The van der Waals surface area contributed by atoms with Crippen molar-refractivity contribution in [1.82, 2.24) is 20.9 Å². The number of carbonyl (C=O) groups excluding carboxylic acids is 2. The van der Waals surface area contributed by atoms with Gasteiger partial charge in [0.25, 0.3) is 5.91 Å². The van der Waals surface area contributed by atoms with Crippen LogP contribution in [0.25, 0.3) is 10.8 Å². The van der Waals surface area contributed by atoms with Crippen molar-refractivity contribution in [2.75, 3.05) is 39.8 Å². The Hall–Kier alpha value is -4.21. The minimum absolute atomic E-state index is 0.0265. The van der Waals surface area contributed by atoms with Crippen molar-refractivity contribution in [1.29, 1.82) is 0 Å². The molecule has 0 aliphatic carbocycles. The fourth-order valence-corrected chi connectivity index (χ4v) is 5.19. The standard InChI is InChI=1S/C33H42N6O3/c1-3-20-42-30(25-11-5-4-6-12-25)23-39-19-17-28(38-29(32(39)41)14-9-18-36-33(34)35-2)22-37-31(40)27-16-15-24-10-7-8-13-26(24)21-27/h3-8,10-13,15-16,21,28-30,38H,1,9,14,17-20,22-23H2,2H3,(H,37,40)(H3,34,35,36). The minimum Gasteiger partial charge on any atom is -0.370 e. The lowest BCUT2D eigenvalue weighted by molar-refractivity contribution is -0.134. The molecule has 42 heavy (non-hydrogen) atoms. The Bertz CT molecular complexity index is 1360. The third-order valence-corrected chi connectivity index (χ3v) is 7.50. The van der Waals surface area contributed by atoms with Gasteiger partial charge in [-0.15, -0.1) is 6.58 Å². The van der Waals surface area contributed by atoms with Crippen LogP contribution in [0.3, 0.4) is 0 Å². The first-order valence-electron chi connectivity index (χ1n) is 14.5. The van der Waals surface area contributed by atoms with Crippen molar-refractivity contribution < 1.29 is 14.3 Å². The van der Waals surface area contributed by atoms with Gasteiger partial charge in [0, 0.05) is 38.3 Å². The summed E-state index contributed by atoms with van der Waals surface area (Å²) in [4.78, 5) is 32.7. The van der Waals surface area contributed by atoms with Crippen LogP contribution in [0.4, 0.5) is 0 Å². The molecule has 3 aromatic rings. The van der Waals surface area contributed by atoms with E-state index in [-0.39, 0.29) is 24.0 Å². The van der Waals surface area contributed by atoms with Crippen molar-refractivity contribution in [3.63, 3.8) is 0 Å². The lowest BCUT2D eigenvalue weighted by atomic mass is 10.1. The number of amides is 2. The quantitative estimate of drug-likeness (QED) is 0.108. The molecule has 3 aromatic carbocycles. The molecule has 1 fully saturated rings. The molecule has 3 unspecified atom stereocenters. The van der Waals surface area contributed by atoms with Gasteiger partial charge >= 0.3 is 0 Å². The zero-order valence-corrected chi connectivity index (χ0v) is 24.3. The molecule has 1 heterocycles. The number of nitrogens with two attached hydrogens (primary N) is 1. The Labute approximate surface area is 248 Å². The zero-order chi connectivity index (χ0) is 29.7. The summed E-state index contributed by atoms with van der Waals surface area (Å²) in [6.07, 6.45) is 3.46. The summed E-state index contributed by atoms with van der Waals surface area (Å²) in [6.45, 7) is 6.16. The van der Waals surface area contributed by atoms with Crippen LogP contribution >= 0.6 is 0 Å². The maximum atomic E-state index is 13.8. The maximum absolute atomic E-state index is 13.8. The highest BCUT2D eigenvalue weighted by molar-refractivity contribution is 5.98. The second-order valence-corrected chi connectivity index (χ2v) is 10.5. The highest BCUT2D eigenvalue weighted by Gasteiger charge is 2.32. The van der Waals surface area contributed by atoms with Crippen molar-refractivity contribution in [2.45, 2.75) is 37.5 Å². The van der Waals surface area contributed by atoms with Crippen LogP contribution < -0.4 is 21.7 Å². The topological polar surface area (TPSA) is 121 Å². The number of carbonyl (C=O) groups is 2. The molecule has 4 rings (SSSR count). The van der Waals surface area contributed by atoms with Crippen molar-refractivity contribution >= 4 is 28.5 Å². The number of fused-ring (bicyclic) bond motifs is 1. The number of hydrogen-bond acceptors (Lipinski definition) is 5. The summed E-state index contributed by atoms with van der Waals surface area (Å²) < 4.78 is 6.10. The molecule has 1 aliphatic heterocycles. The number of ether oxygens (including phenoxy) is 1. The Kier molecular flexibility index (Phi) is 11.5. The largest absolute Gasteiger partial charge is 0.370 e. The van der Waals surface area contributed by atoms with Gasteiger partial charge in [0.1, 0.15) is 6.10 Å². The first kappa shape index (κ1) is 30.7. The molecule has 0 bridgehead atoms. The number of hydrogen-bond donors (Lipinski definition) is 4. The van der Waals surface area contributed by atoms with Crippen LogP contribution in [0.5, 0.6) is 0 Å². The van der Waals surface area contributed by atoms with Crippen LogP contribution in [0, 0.1) is 0 Å². The molecule has 3 atom stereocenters. The van der Waals surface area contributed by atoms with E-state index in [2.05, 4.69) is 27.5 Å². The molecule has 0 spiro atoms. The summed E-state index contributed by atoms with van der Waals surface area (Å²) in [5.41, 5.74) is 7.40. The van der Waals surface area contributed by atoms with E-state index in [0.717, 1.165) is 22.8 Å². The number of nitrogens with one attached hydrogen (secondary N) is 3. The molecule has 0 aromatic heterocycles. The van der Waals surface area contributed by atoms with Gasteiger partial charge in [0.05, 0.1) is 19.2 Å². The second kappa shape index (κ2) is 15.7. The summed E-state index contributed by atoms with van der Waals surface area (Å²) in [5.74, 6) is 0.266. The number of benzene rings is 3. The van der Waals surface area contributed by atoms with E-state index in [1.807, 2.05) is 77.7 Å². The second-order valence-electron chi connectivity index (χ2n) is 10.5. The number of nitrogens with zero attached hydrogens (tertiary/aromatic N) is 2. The predicted octanol–water partition coefficient (Wildman–Crippen LogP) is 3.39. The number of rotatable bonds is 13. The van der Waals surface area contributed by atoms with Gasteiger partial charge in [-0.2, -0.15) is 0 Å². The van der Waals surface area contributed by atoms with Crippen LogP contribution in [0.15, 0.2) is 90.4 Å². The van der Waals surface area contributed by atoms with Crippen LogP contribution in [0.1, 0.15) is 41.3 Å². The first-order chi connectivity index (χ1) is 20.5. The van der Waals surface area contributed by atoms with Crippen molar-refractivity contribution in [2.24, 2.45) is 10.7 Å². The molecule has 9 heteroatoms. The summed E-state index contributed by atoms with van der Waals surface area (Å²) >= 11 is 0. The Morgan fingerprint density at radius 3 is 2.67 bits per heavy atom. The molecule has 1 saturated heterocycles. The Balaban J connectivity index is 1.44. The molecule has 0 radical (unpaired) electrons. The molecule has 5 N–H and O–H groups in total. The SMILES string of the molecule is C=CCOC(CN1CCC(CNC(=O)c2ccc3ccccc3c2)NC(CCCNC(N)=NC)C1=O)c1ccccc1. The fourth-order valence-electron chi connectivity index (χ4n) is 5.19. The molecule has 0 saturated carbocycles. The fraction of sp³-hybridized carbons (Fsp3) is 0.364.